The number of amides is 2. The van der Waals surface area contributed by atoms with Crippen molar-refractivity contribution in [2.45, 2.75) is 18.9 Å². The molecule has 0 aromatic carbocycles. The number of carbonyl (C=O) groups excluding carboxylic acids is 2. The molecular formula is C12H15N5O2. The number of aromatic nitrogens is 2. The molecule has 19 heavy (non-hydrogen) atoms. The summed E-state index contributed by atoms with van der Waals surface area (Å²) in [5, 5.41) is 11.5. The fraction of sp³-hybridized carbons (Fsp3) is 0.500. The fourth-order valence-corrected chi connectivity index (χ4v) is 2.12. The quantitative estimate of drug-likeness (QED) is 0.806. The minimum absolute atomic E-state index is 0.0950. The zero-order valence-electron chi connectivity index (χ0n) is 10.7. The van der Waals surface area contributed by atoms with Gasteiger partial charge in [-0.25, -0.2) is 4.98 Å². The summed E-state index contributed by atoms with van der Waals surface area (Å²) in [7, 11) is 1.70. The highest BCUT2D eigenvalue weighted by Gasteiger charge is 2.28. The molecule has 2 amide bonds. The lowest BCUT2D eigenvalue weighted by atomic mass is 10.2. The smallest absolute Gasteiger partial charge is 0.269 e. The maximum atomic E-state index is 11.9. The highest BCUT2D eigenvalue weighted by Crippen LogP contribution is 2.15. The molecule has 1 aromatic rings. The SMILES string of the molecule is Cn1cncc1C(=O)NCC(=O)N1CCCC1C#N. The summed E-state index contributed by atoms with van der Waals surface area (Å²) in [6, 6.07) is 1.74. The zero-order chi connectivity index (χ0) is 13.8. The molecule has 7 nitrogen and oxygen atoms in total. The maximum Gasteiger partial charge on any atom is 0.269 e. The summed E-state index contributed by atoms with van der Waals surface area (Å²) >= 11 is 0. The average molecular weight is 261 g/mol. The number of aryl methyl sites for hydroxylation is 1. The molecule has 1 saturated heterocycles. The Morgan fingerprint density at radius 3 is 3.05 bits per heavy atom. The number of hydrogen-bond acceptors (Lipinski definition) is 4. The number of likely N-dealkylation sites (tertiary alicyclic amines) is 1. The van der Waals surface area contributed by atoms with Crippen LogP contribution in [0.25, 0.3) is 0 Å². The van der Waals surface area contributed by atoms with E-state index in [9.17, 15) is 9.59 Å². The molecule has 0 saturated carbocycles. The minimum atomic E-state index is -0.360. The molecular weight excluding hydrogens is 246 g/mol. The summed E-state index contributed by atoms with van der Waals surface area (Å²) in [4.78, 5) is 29.1. The van der Waals surface area contributed by atoms with Gasteiger partial charge in [-0.15, -0.1) is 0 Å². The second kappa shape index (κ2) is 5.52. The van der Waals surface area contributed by atoms with Gasteiger partial charge in [-0.3, -0.25) is 9.59 Å². The monoisotopic (exact) mass is 261 g/mol. The van der Waals surface area contributed by atoms with Gasteiger partial charge in [0.25, 0.3) is 5.91 Å². The third kappa shape index (κ3) is 2.73. The van der Waals surface area contributed by atoms with Crippen LogP contribution < -0.4 is 5.32 Å². The van der Waals surface area contributed by atoms with E-state index in [-0.39, 0.29) is 24.4 Å². The Morgan fingerprint density at radius 1 is 1.63 bits per heavy atom. The van der Waals surface area contributed by atoms with Crippen LogP contribution in [0.1, 0.15) is 23.3 Å². The molecule has 1 fully saturated rings. The van der Waals surface area contributed by atoms with Crippen molar-refractivity contribution in [3.05, 3.63) is 18.2 Å². The van der Waals surface area contributed by atoms with E-state index in [1.807, 2.05) is 0 Å². The van der Waals surface area contributed by atoms with Crippen molar-refractivity contribution in [1.29, 1.82) is 5.26 Å². The number of carbonyl (C=O) groups is 2. The van der Waals surface area contributed by atoms with Crippen LogP contribution in [0.4, 0.5) is 0 Å². The van der Waals surface area contributed by atoms with Crippen molar-refractivity contribution in [3.8, 4) is 6.07 Å². The van der Waals surface area contributed by atoms with E-state index in [1.165, 1.54) is 17.4 Å². The van der Waals surface area contributed by atoms with Crippen LogP contribution >= 0.6 is 0 Å². The first-order valence-corrected chi connectivity index (χ1v) is 6.07. The molecule has 2 heterocycles. The van der Waals surface area contributed by atoms with Crippen LogP contribution in [0, 0.1) is 11.3 Å². The molecule has 0 spiro atoms. The van der Waals surface area contributed by atoms with Gasteiger partial charge < -0.3 is 14.8 Å². The average Bonchev–Trinajstić information content (AvgIpc) is 3.03. The number of rotatable bonds is 3. The van der Waals surface area contributed by atoms with Crippen LogP contribution in [0.5, 0.6) is 0 Å². The summed E-state index contributed by atoms with van der Waals surface area (Å²) in [6.07, 6.45) is 4.49. The van der Waals surface area contributed by atoms with Crippen molar-refractivity contribution in [2.75, 3.05) is 13.1 Å². The van der Waals surface area contributed by atoms with Crippen molar-refractivity contribution in [2.24, 2.45) is 7.05 Å². The van der Waals surface area contributed by atoms with Gasteiger partial charge in [-0.1, -0.05) is 0 Å². The molecule has 1 atom stereocenters. The number of imidazole rings is 1. The normalized spacial score (nSPS) is 18.1. The molecule has 1 aliphatic rings. The molecule has 1 N–H and O–H groups in total. The van der Waals surface area contributed by atoms with Crippen LogP contribution in [0.2, 0.25) is 0 Å². The highest BCUT2D eigenvalue weighted by atomic mass is 16.2. The van der Waals surface area contributed by atoms with Crippen LogP contribution in [-0.4, -0.2) is 45.4 Å². The lowest BCUT2D eigenvalue weighted by Crippen LogP contribution is -2.42. The molecule has 7 heteroatoms. The molecule has 0 bridgehead atoms. The highest BCUT2D eigenvalue weighted by molar-refractivity contribution is 5.95. The molecule has 0 radical (unpaired) electrons. The van der Waals surface area contributed by atoms with Crippen LogP contribution in [0.15, 0.2) is 12.5 Å². The molecule has 1 unspecified atom stereocenters. The third-order valence-electron chi connectivity index (χ3n) is 3.17. The first kappa shape index (κ1) is 13.1. The van der Waals surface area contributed by atoms with Gasteiger partial charge in [-0.2, -0.15) is 5.26 Å². The predicted molar refractivity (Wildman–Crippen MR) is 65.9 cm³/mol. The Bertz CT molecular complexity index is 530. The second-order valence-electron chi connectivity index (χ2n) is 4.45. The van der Waals surface area contributed by atoms with E-state index < -0.39 is 0 Å². The van der Waals surface area contributed by atoms with Gasteiger partial charge in [0.05, 0.1) is 25.1 Å². The van der Waals surface area contributed by atoms with E-state index in [0.29, 0.717) is 18.7 Å². The number of nitrogens with one attached hydrogen (secondary N) is 1. The van der Waals surface area contributed by atoms with Gasteiger partial charge in [0.15, 0.2) is 0 Å². The number of hydrogen-bond donors (Lipinski definition) is 1. The summed E-state index contributed by atoms with van der Waals surface area (Å²) in [6.45, 7) is 0.487. The molecule has 1 aromatic heterocycles. The van der Waals surface area contributed by atoms with Gasteiger partial charge in [0.2, 0.25) is 5.91 Å². The largest absolute Gasteiger partial charge is 0.342 e. The Kier molecular flexibility index (Phi) is 3.80. The summed E-state index contributed by atoms with van der Waals surface area (Å²) in [5.41, 5.74) is 0.394. The first-order valence-electron chi connectivity index (χ1n) is 6.07. The minimum Gasteiger partial charge on any atom is -0.342 e. The summed E-state index contributed by atoms with van der Waals surface area (Å²) < 4.78 is 1.58. The Balaban J connectivity index is 1.89. The topological polar surface area (TPSA) is 91.0 Å². The van der Waals surface area contributed by atoms with Crippen molar-refractivity contribution < 1.29 is 9.59 Å². The fourth-order valence-electron chi connectivity index (χ4n) is 2.12. The van der Waals surface area contributed by atoms with E-state index in [2.05, 4.69) is 16.4 Å². The molecule has 100 valence electrons. The lowest BCUT2D eigenvalue weighted by molar-refractivity contribution is -0.130. The Morgan fingerprint density at radius 2 is 2.42 bits per heavy atom. The first-order chi connectivity index (χ1) is 9.13. The number of nitrogens with zero attached hydrogens (tertiary/aromatic N) is 4. The Labute approximate surface area is 110 Å². The van der Waals surface area contributed by atoms with Gasteiger partial charge in [-0.05, 0) is 12.8 Å². The van der Waals surface area contributed by atoms with Crippen molar-refractivity contribution in [1.82, 2.24) is 19.8 Å². The van der Waals surface area contributed by atoms with E-state index >= 15 is 0 Å². The van der Waals surface area contributed by atoms with Gasteiger partial charge in [0.1, 0.15) is 11.7 Å². The van der Waals surface area contributed by atoms with E-state index in [1.54, 1.807) is 11.6 Å². The van der Waals surface area contributed by atoms with Crippen molar-refractivity contribution >= 4 is 11.8 Å². The zero-order valence-corrected chi connectivity index (χ0v) is 10.7. The van der Waals surface area contributed by atoms with Crippen LogP contribution in [0.3, 0.4) is 0 Å². The van der Waals surface area contributed by atoms with Gasteiger partial charge >= 0.3 is 0 Å². The van der Waals surface area contributed by atoms with Crippen LogP contribution in [-0.2, 0) is 11.8 Å². The van der Waals surface area contributed by atoms with E-state index in [0.717, 1.165) is 6.42 Å². The summed E-state index contributed by atoms with van der Waals surface area (Å²) in [5.74, 6) is -0.569. The standard InChI is InChI=1S/C12H15N5O2/c1-16-8-14-6-10(16)12(19)15-7-11(18)17-4-2-3-9(17)5-13/h6,8-9H,2-4,7H2,1H3,(H,15,19). The number of nitriles is 1. The predicted octanol–water partition coefficient (Wildman–Crippen LogP) is -0.336. The third-order valence-corrected chi connectivity index (χ3v) is 3.17. The van der Waals surface area contributed by atoms with Crippen molar-refractivity contribution in [3.63, 3.8) is 0 Å². The van der Waals surface area contributed by atoms with Gasteiger partial charge in [0, 0.05) is 13.6 Å². The Hall–Kier alpha value is -2.36. The molecule has 2 rings (SSSR count). The molecule has 1 aliphatic heterocycles. The molecule has 0 aliphatic carbocycles. The van der Waals surface area contributed by atoms with E-state index in [4.69, 9.17) is 5.26 Å². The maximum absolute atomic E-state index is 11.9. The lowest BCUT2D eigenvalue weighted by Gasteiger charge is -2.19. The second-order valence-corrected chi connectivity index (χ2v) is 4.45.